The first kappa shape index (κ1) is 11.7. The molecular weight excluding hydrogens is 236 g/mol. The fourth-order valence-electron chi connectivity index (χ4n) is 1.40. The van der Waals surface area contributed by atoms with Crippen molar-refractivity contribution in [1.82, 2.24) is 9.97 Å². The Kier molecular flexibility index (Phi) is 3.49. The largest absolute Gasteiger partial charge is 0.502 e. The van der Waals surface area contributed by atoms with E-state index in [9.17, 15) is 4.79 Å². The van der Waals surface area contributed by atoms with Gasteiger partial charge in [-0.05, 0) is 12.5 Å². The van der Waals surface area contributed by atoms with Crippen LogP contribution in [0.25, 0.3) is 0 Å². The average molecular weight is 248 g/mol. The number of aromatic hydroxyl groups is 1. The third-order valence-electron chi connectivity index (χ3n) is 2.22. The van der Waals surface area contributed by atoms with Gasteiger partial charge in [0.1, 0.15) is 0 Å². The molecule has 2 N–H and O–H groups in total. The van der Waals surface area contributed by atoms with Gasteiger partial charge in [0.05, 0.1) is 6.20 Å². The summed E-state index contributed by atoms with van der Waals surface area (Å²) in [6.07, 6.45) is 1.16. The number of nitrogens with zero attached hydrogens (tertiary/aromatic N) is 1. The predicted octanol–water partition coefficient (Wildman–Crippen LogP) is 2.08. The molecule has 0 amide bonds. The molecule has 0 aliphatic heterocycles. The molecule has 0 fully saturated rings. The van der Waals surface area contributed by atoms with Crippen LogP contribution in [0.3, 0.4) is 0 Å². The minimum Gasteiger partial charge on any atom is -0.502 e. The molecule has 0 unspecified atom stereocenters. The molecule has 1 heterocycles. The van der Waals surface area contributed by atoms with Gasteiger partial charge in [-0.2, -0.15) is 0 Å². The Morgan fingerprint density at radius 2 is 2.29 bits per heavy atom. The molecular formula is C12H12N2O2S. The van der Waals surface area contributed by atoms with E-state index >= 15 is 0 Å². The zero-order valence-electron chi connectivity index (χ0n) is 9.30. The summed E-state index contributed by atoms with van der Waals surface area (Å²) in [6.45, 7) is 2.04. The summed E-state index contributed by atoms with van der Waals surface area (Å²) in [4.78, 5) is 17.6. The van der Waals surface area contributed by atoms with Crippen LogP contribution in [0, 0.1) is 6.92 Å². The maximum absolute atomic E-state index is 11.1. The van der Waals surface area contributed by atoms with Crippen molar-refractivity contribution in [1.29, 1.82) is 0 Å². The van der Waals surface area contributed by atoms with Crippen molar-refractivity contribution in [2.24, 2.45) is 0 Å². The van der Waals surface area contributed by atoms with Gasteiger partial charge in [-0.15, -0.1) is 0 Å². The Balaban J connectivity index is 2.07. The van der Waals surface area contributed by atoms with E-state index in [0.717, 1.165) is 11.9 Å². The van der Waals surface area contributed by atoms with E-state index < -0.39 is 5.56 Å². The molecule has 1 aromatic heterocycles. The number of aromatic nitrogens is 2. The molecule has 88 valence electrons. The standard InChI is InChI=1S/C12H12N2O2S/c1-8-3-2-4-9(5-8)7-17-12-13-6-10(15)11(16)14-12/h2-6,15H,7H2,1H3,(H,13,14,16). The van der Waals surface area contributed by atoms with E-state index in [1.165, 1.54) is 22.9 Å². The Hall–Kier alpha value is -1.75. The van der Waals surface area contributed by atoms with E-state index in [1.54, 1.807) is 0 Å². The minimum atomic E-state index is -0.508. The molecule has 2 aromatic rings. The topological polar surface area (TPSA) is 66.0 Å². The number of thioether (sulfide) groups is 1. The van der Waals surface area contributed by atoms with Gasteiger partial charge in [0.15, 0.2) is 10.9 Å². The summed E-state index contributed by atoms with van der Waals surface area (Å²) in [5.74, 6) is 0.375. The second-order valence-corrected chi connectivity index (χ2v) is 4.64. The van der Waals surface area contributed by atoms with Crippen LogP contribution >= 0.6 is 11.8 Å². The van der Waals surface area contributed by atoms with Crippen LogP contribution in [0.1, 0.15) is 11.1 Å². The fourth-order valence-corrected chi connectivity index (χ4v) is 2.17. The maximum atomic E-state index is 11.1. The molecule has 0 bridgehead atoms. The molecule has 0 radical (unpaired) electrons. The minimum absolute atomic E-state index is 0.357. The van der Waals surface area contributed by atoms with Gasteiger partial charge in [-0.3, -0.25) is 9.78 Å². The Bertz CT molecular complexity index is 581. The monoisotopic (exact) mass is 248 g/mol. The van der Waals surface area contributed by atoms with Gasteiger partial charge in [-0.1, -0.05) is 41.6 Å². The third kappa shape index (κ3) is 3.10. The second kappa shape index (κ2) is 5.05. The van der Waals surface area contributed by atoms with E-state index in [2.05, 4.69) is 16.0 Å². The zero-order chi connectivity index (χ0) is 12.3. The predicted molar refractivity (Wildman–Crippen MR) is 67.3 cm³/mol. The van der Waals surface area contributed by atoms with E-state index in [-0.39, 0.29) is 5.75 Å². The van der Waals surface area contributed by atoms with Crippen molar-refractivity contribution in [3.63, 3.8) is 0 Å². The summed E-state index contributed by atoms with van der Waals surface area (Å²) < 4.78 is 0. The molecule has 0 saturated carbocycles. The molecule has 4 nitrogen and oxygen atoms in total. The quantitative estimate of drug-likeness (QED) is 0.644. The summed E-state index contributed by atoms with van der Waals surface area (Å²) in [7, 11) is 0. The first-order valence-corrected chi connectivity index (χ1v) is 6.10. The smallest absolute Gasteiger partial charge is 0.293 e. The van der Waals surface area contributed by atoms with Crippen molar-refractivity contribution in [3.05, 3.63) is 51.9 Å². The number of H-pyrrole nitrogens is 1. The number of rotatable bonds is 3. The van der Waals surface area contributed by atoms with Crippen LogP contribution in [0.15, 0.2) is 40.4 Å². The normalized spacial score (nSPS) is 10.4. The lowest BCUT2D eigenvalue weighted by molar-refractivity contribution is 0.460. The molecule has 5 heteroatoms. The summed E-state index contributed by atoms with van der Waals surface area (Å²) >= 11 is 1.43. The third-order valence-corrected chi connectivity index (χ3v) is 3.17. The van der Waals surface area contributed by atoms with E-state index in [4.69, 9.17) is 5.11 Å². The van der Waals surface area contributed by atoms with Crippen molar-refractivity contribution in [2.75, 3.05) is 0 Å². The number of hydrogen-bond acceptors (Lipinski definition) is 4. The molecule has 17 heavy (non-hydrogen) atoms. The van der Waals surface area contributed by atoms with Crippen molar-refractivity contribution in [3.8, 4) is 5.75 Å². The van der Waals surface area contributed by atoms with E-state index in [0.29, 0.717) is 5.16 Å². The highest BCUT2D eigenvalue weighted by molar-refractivity contribution is 7.98. The lowest BCUT2D eigenvalue weighted by Gasteiger charge is -2.02. The van der Waals surface area contributed by atoms with Crippen molar-refractivity contribution >= 4 is 11.8 Å². The van der Waals surface area contributed by atoms with Gasteiger partial charge >= 0.3 is 0 Å². The Labute approximate surface area is 103 Å². The van der Waals surface area contributed by atoms with Gasteiger partial charge in [-0.25, -0.2) is 4.98 Å². The van der Waals surface area contributed by atoms with Crippen LogP contribution in [-0.4, -0.2) is 15.1 Å². The van der Waals surface area contributed by atoms with Crippen LogP contribution in [0.2, 0.25) is 0 Å². The lowest BCUT2D eigenvalue weighted by Crippen LogP contribution is -2.06. The first-order chi connectivity index (χ1) is 8.15. The number of aromatic amines is 1. The average Bonchev–Trinajstić information content (AvgIpc) is 2.31. The van der Waals surface area contributed by atoms with E-state index in [1.807, 2.05) is 25.1 Å². The van der Waals surface area contributed by atoms with Crippen LogP contribution in [-0.2, 0) is 5.75 Å². The zero-order valence-corrected chi connectivity index (χ0v) is 10.1. The van der Waals surface area contributed by atoms with Crippen molar-refractivity contribution in [2.45, 2.75) is 17.8 Å². The molecule has 0 aliphatic carbocycles. The Morgan fingerprint density at radius 3 is 3.00 bits per heavy atom. The molecule has 0 atom stereocenters. The number of hydrogen-bond donors (Lipinski definition) is 2. The van der Waals surface area contributed by atoms with Crippen LogP contribution in [0.5, 0.6) is 5.75 Å². The molecule has 2 rings (SSSR count). The second-order valence-electron chi connectivity index (χ2n) is 3.68. The highest BCUT2D eigenvalue weighted by atomic mass is 32.2. The number of benzene rings is 1. The van der Waals surface area contributed by atoms with Crippen LogP contribution < -0.4 is 5.56 Å². The lowest BCUT2D eigenvalue weighted by atomic mass is 10.2. The first-order valence-electron chi connectivity index (χ1n) is 5.12. The Morgan fingerprint density at radius 1 is 1.47 bits per heavy atom. The molecule has 0 spiro atoms. The van der Waals surface area contributed by atoms with Gasteiger partial charge in [0.25, 0.3) is 5.56 Å². The fraction of sp³-hybridized carbons (Fsp3) is 0.167. The van der Waals surface area contributed by atoms with Gasteiger partial charge < -0.3 is 5.11 Å². The molecule has 1 aromatic carbocycles. The number of aryl methyl sites for hydroxylation is 1. The SMILES string of the molecule is Cc1cccc(CSc2ncc(O)c(=O)[nH]2)c1. The highest BCUT2D eigenvalue weighted by Gasteiger charge is 2.01. The van der Waals surface area contributed by atoms with Crippen LogP contribution in [0.4, 0.5) is 0 Å². The van der Waals surface area contributed by atoms with Gasteiger partial charge in [0.2, 0.25) is 0 Å². The summed E-state index contributed by atoms with van der Waals surface area (Å²) in [5.41, 5.74) is 1.87. The molecule has 0 aliphatic rings. The summed E-state index contributed by atoms with van der Waals surface area (Å²) in [5, 5.41) is 9.56. The number of nitrogens with one attached hydrogen (secondary N) is 1. The van der Waals surface area contributed by atoms with Gasteiger partial charge in [0, 0.05) is 5.75 Å². The highest BCUT2D eigenvalue weighted by Crippen LogP contribution is 2.18. The molecule has 0 saturated heterocycles. The summed E-state index contributed by atoms with van der Waals surface area (Å²) in [6, 6.07) is 8.15. The van der Waals surface area contributed by atoms with Crippen molar-refractivity contribution < 1.29 is 5.11 Å². The maximum Gasteiger partial charge on any atom is 0.293 e.